The van der Waals surface area contributed by atoms with Gasteiger partial charge in [-0.25, -0.2) is 0 Å². The van der Waals surface area contributed by atoms with E-state index in [9.17, 15) is 9.59 Å². The second-order valence-electron chi connectivity index (χ2n) is 4.06. The average molecular weight is 166 g/mol. The van der Waals surface area contributed by atoms with Gasteiger partial charge in [-0.3, -0.25) is 9.59 Å². The van der Waals surface area contributed by atoms with Gasteiger partial charge in [0.1, 0.15) is 5.78 Å². The molecule has 3 heteroatoms. The first kappa shape index (κ1) is 6.63. The smallest absolute Gasteiger partial charge is 0.309 e. The molecular weight excluding hydrogens is 156 g/mol. The molecule has 0 aliphatic heterocycles. The molecule has 0 radical (unpaired) electrons. The summed E-state index contributed by atoms with van der Waals surface area (Å²) in [4.78, 5) is 22.7. The highest BCUT2D eigenvalue weighted by molar-refractivity contribution is 5.98. The first-order chi connectivity index (χ1) is 5.75. The summed E-state index contributed by atoms with van der Waals surface area (Å²) in [7, 11) is 1.40. The lowest BCUT2D eigenvalue weighted by molar-refractivity contribution is -0.147. The number of rotatable bonds is 1. The number of hydrogen-bond donors (Lipinski definition) is 0. The second kappa shape index (κ2) is 1.73. The fourth-order valence-corrected chi connectivity index (χ4v) is 3.30. The third-order valence-electron chi connectivity index (χ3n) is 3.77. The van der Waals surface area contributed by atoms with Crippen molar-refractivity contribution in [1.29, 1.82) is 0 Å². The zero-order valence-electron chi connectivity index (χ0n) is 6.82. The molecule has 4 aliphatic rings. The molecule has 0 spiro atoms. The van der Waals surface area contributed by atoms with Gasteiger partial charge in [0.2, 0.25) is 0 Å². The van der Waals surface area contributed by atoms with E-state index < -0.39 is 0 Å². The predicted molar refractivity (Wildman–Crippen MR) is 39.1 cm³/mol. The molecule has 0 saturated heterocycles. The Bertz CT molecular complexity index is 283. The van der Waals surface area contributed by atoms with Crippen molar-refractivity contribution in [3.63, 3.8) is 0 Å². The lowest BCUT2D eigenvalue weighted by Crippen LogP contribution is -2.21. The van der Waals surface area contributed by atoms with E-state index in [4.69, 9.17) is 0 Å². The zero-order valence-corrected chi connectivity index (χ0v) is 6.82. The van der Waals surface area contributed by atoms with Crippen molar-refractivity contribution in [1.82, 2.24) is 0 Å². The Balaban J connectivity index is 1.93. The Labute approximate surface area is 70.1 Å². The number of carbonyl (C=O) groups is 2. The van der Waals surface area contributed by atoms with E-state index in [-0.39, 0.29) is 23.7 Å². The summed E-state index contributed by atoms with van der Waals surface area (Å²) >= 11 is 0. The molecule has 3 nitrogen and oxygen atoms in total. The van der Waals surface area contributed by atoms with Gasteiger partial charge < -0.3 is 4.74 Å². The molecule has 0 aromatic rings. The molecule has 4 saturated carbocycles. The molecule has 12 heavy (non-hydrogen) atoms. The van der Waals surface area contributed by atoms with Crippen molar-refractivity contribution >= 4 is 11.8 Å². The first-order valence-electron chi connectivity index (χ1n) is 4.37. The van der Waals surface area contributed by atoms with Crippen LogP contribution in [0.5, 0.6) is 0 Å². The molecule has 0 amide bonds. The summed E-state index contributed by atoms with van der Waals surface area (Å²) in [5.41, 5.74) is 0. The van der Waals surface area contributed by atoms with Crippen LogP contribution in [0.15, 0.2) is 0 Å². The Morgan fingerprint density at radius 3 is 2.67 bits per heavy atom. The summed E-state index contributed by atoms with van der Waals surface area (Å²) < 4.78 is 4.69. The number of methoxy groups -OCH3 is 1. The van der Waals surface area contributed by atoms with E-state index in [2.05, 4.69) is 4.74 Å². The van der Waals surface area contributed by atoms with Gasteiger partial charge in [-0.2, -0.15) is 0 Å². The van der Waals surface area contributed by atoms with Gasteiger partial charge in [-0.15, -0.1) is 0 Å². The molecular formula is C9H10O3. The summed E-state index contributed by atoms with van der Waals surface area (Å²) in [5, 5.41) is 0. The van der Waals surface area contributed by atoms with Gasteiger partial charge in [-0.05, 0) is 18.3 Å². The van der Waals surface area contributed by atoms with Gasteiger partial charge in [0.25, 0.3) is 0 Å². The molecule has 0 N–H and O–H groups in total. The van der Waals surface area contributed by atoms with E-state index in [1.54, 1.807) is 0 Å². The molecule has 4 aliphatic carbocycles. The maximum Gasteiger partial charge on any atom is 0.309 e. The van der Waals surface area contributed by atoms with Crippen LogP contribution >= 0.6 is 0 Å². The summed E-state index contributed by atoms with van der Waals surface area (Å²) in [6, 6.07) is 0. The predicted octanol–water partition coefficient (Wildman–Crippen LogP) is 0.240. The number of ketones is 1. The topological polar surface area (TPSA) is 43.4 Å². The van der Waals surface area contributed by atoms with Gasteiger partial charge in [0, 0.05) is 11.8 Å². The zero-order chi connectivity index (χ0) is 8.46. The second-order valence-corrected chi connectivity index (χ2v) is 4.06. The maximum atomic E-state index is 11.4. The van der Waals surface area contributed by atoms with Gasteiger partial charge >= 0.3 is 5.97 Å². The molecule has 0 aromatic carbocycles. The van der Waals surface area contributed by atoms with Crippen molar-refractivity contribution in [3.8, 4) is 0 Å². The highest BCUT2D eigenvalue weighted by atomic mass is 16.5. The molecule has 5 atom stereocenters. The van der Waals surface area contributed by atoms with Crippen molar-refractivity contribution in [2.75, 3.05) is 7.11 Å². The van der Waals surface area contributed by atoms with Crippen molar-refractivity contribution in [2.45, 2.75) is 6.42 Å². The van der Waals surface area contributed by atoms with Crippen molar-refractivity contribution in [3.05, 3.63) is 0 Å². The molecule has 64 valence electrons. The minimum atomic E-state index is -0.166. The molecule has 4 bridgehead atoms. The van der Waals surface area contributed by atoms with Crippen molar-refractivity contribution in [2.24, 2.45) is 29.6 Å². The van der Waals surface area contributed by atoms with Crippen LogP contribution in [0.25, 0.3) is 0 Å². The Morgan fingerprint density at radius 2 is 2.33 bits per heavy atom. The third kappa shape index (κ3) is 0.490. The lowest BCUT2D eigenvalue weighted by Gasteiger charge is -2.09. The number of esters is 1. The van der Waals surface area contributed by atoms with E-state index in [0.717, 1.165) is 6.42 Å². The molecule has 4 fully saturated rings. The Hall–Kier alpha value is -0.860. The maximum absolute atomic E-state index is 11.4. The summed E-state index contributed by atoms with van der Waals surface area (Å²) in [6.45, 7) is 0. The minimum absolute atomic E-state index is 0.0254. The minimum Gasteiger partial charge on any atom is -0.469 e. The van der Waals surface area contributed by atoms with E-state index in [1.807, 2.05) is 0 Å². The normalized spacial score (nSPS) is 52.8. The van der Waals surface area contributed by atoms with Crippen LogP contribution in [0.3, 0.4) is 0 Å². The highest BCUT2D eigenvalue weighted by Gasteiger charge is 2.75. The van der Waals surface area contributed by atoms with Crippen LogP contribution in [0, 0.1) is 29.6 Å². The van der Waals surface area contributed by atoms with Crippen LogP contribution in [-0.2, 0) is 14.3 Å². The third-order valence-corrected chi connectivity index (χ3v) is 3.77. The number of Topliss-reactive ketones (excluding diaryl/α,β-unsaturated/α-hetero) is 1. The first-order valence-corrected chi connectivity index (χ1v) is 4.37. The fourth-order valence-electron chi connectivity index (χ4n) is 3.30. The highest BCUT2D eigenvalue weighted by Crippen LogP contribution is 2.71. The van der Waals surface area contributed by atoms with Gasteiger partial charge in [0.15, 0.2) is 0 Å². The lowest BCUT2D eigenvalue weighted by atomic mass is 9.98. The standard InChI is InChI=1S/C9H10O3/c1-12-9(11)7-4-2-3-5(7)6(3)8(4)10/h3-7H,2H2,1H3/t3-,4-,5-,6-,7-/m1/s1. The Morgan fingerprint density at radius 1 is 1.58 bits per heavy atom. The molecule has 0 heterocycles. The quantitative estimate of drug-likeness (QED) is 0.524. The van der Waals surface area contributed by atoms with E-state index in [1.165, 1.54) is 7.11 Å². The summed E-state index contributed by atoms with van der Waals surface area (Å²) in [5.74, 6) is 1.29. The largest absolute Gasteiger partial charge is 0.469 e. The SMILES string of the molecule is COC(=O)[C@H]1[C@@H]2[C@H]3C[C@H]1C(=O)[C@H]32. The number of hydrogen-bond acceptors (Lipinski definition) is 3. The summed E-state index contributed by atoms with van der Waals surface area (Å²) in [6.07, 6.45) is 0.952. The average Bonchev–Trinajstić information content (AvgIpc) is 2.42. The van der Waals surface area contributed by atoms with E-state index in [0.29, 0.717) is 17.6 Å². The van der Waals surface area contributed by atoms with Crippen LogP contribution in [-0.4, -0.2) is 18.9 Å². The number of ether oxygens (including phenoxy) is 1. The van der Waals surface area contributed by atoms with Crippen LogP contribution < -0.4 is 0 Å². The Kier molecular flexibility index (Phi) is 0.955. The molecule has 0 aromatic heterocycles. The van der Waals surface area contributed by atoms with Gasteiger partial charge in [-0.1, -0.05) is 0 Å². The molecule has 0 unspecified atom stereocenters. The monoisotopic (exact) mass is 166 g/mol. The van der Waals surface area contributed by atoms with E-state index >= 15 is 0 Å². The van der Waals surface area contributed by atoms with Gasteiger partial charge in [0.05, 0.1) is 13.0 Å². The molecule has 4 rings (SSSR count). The van der Waals surface area contributed by atoms with Crippen LogP contribution in [0.4, 0.5) is 0 Å². The van der Waals surface area contributed by atoms with Crippen LogP contribution in [0.2, 0.25) is 0 Å². The number of carbonyl (C=O) groups excluding carboxylic acids is 2. The van der Waals surface area contributed by atoms with Crippen molar-refractivity contribution < 1.29 is 14.3 Å². The fraction of sp³-hybridized carbons (Fsp3) is 0.778. The van der Waals surface area contributed by atoms with Crippen LogP contribution in [0.1, 0.15) is 6.42 Å².